The summed E-state index contributed by atoms with van der Waals surface area (Å²) in [6.07, 6.45) is 4.67. The van der Waals surface area contributed by atoms with E-state index in [0.29, 0.717) is 38.3 Å². The minimum Gasteiger partial charge on any atom is -0.381 e. The van der Waals surface area contributed by atoms with Crippen LogP contribution in [0.4, 0.5) is 5.95 Å². The van der Waals surface area contributed by atoms with Crippen LogP contribution in [0.1, 0.15) is 24.1 Å². The van der Waals surface area contributed by atoms with Gasteiger partial charge in [-0.25, -0.2) is 9.97 Å². The average Bonchev–Trinajstić information content (AvgIpc) is 2.70. The number of hydrogen-bond donors (Lipinski definition) is 1. The second-order valence-corrected chi connectivity index (χ2v) is 8.14. The molecule has 2 unspecified atom stereocenters. The Labute approximate surface area is 162 Å². The Hall–Kier alpha value is -1.34. The van der Waals surface area contributed by atoms with Crippen molar-refractivity contribution >= 4 is 21.1 Å². The number of nitrogens with one attached hydrogen (secondary N) is 1. The Bertz CT molecular complexity index is 670. The number of carbonyl (C=O) groups is 1. The van der Waals surface area contributed by atoms with E-state index >= 15 is 0 Å². The van der Waals surface area contributed by atoms with E-state index in [2.05, 4.69) is 24.4 Å². The standard InChI is InChI=1S/C18H28N5O3P/c24-16(11-23-5-8-26-12-17(23)27)22-4-1-13-9-19-18(21-15(13)10-22)20-14-2-6-25-7-3-14/h9,14,17H,1-8,10-12,27H2,(H,19,20,21). The summed E-state index contributed by atoms with van der Waals surface area (Å²) in [5, 5.41) is 3.42. The lowest BCUT2D eigenvalue weighted by Crippen LogP contribution is -2.49. The number of hydrogen-bond acceptors (Lipinski definition) is 7. The minimum absolute atomic E-state index is 0.160. The van der Waals surface area contributed by atoms with Gasteiger partial charge in [-0.15, -0.1) is 9.24 Å². The monoisotopic (exact) mass is 393 g/mol. The van der Waals surface area contributed by atoms with Crippen molar-refractivity contribution in [3.63, 3.8) is 0 Å². The van der Waals surface area contributed by atoms with Gasteiger partial charge in [-0.1, -0.05) is 0 Å². The molecule has 1 N–H and O–H groups in total. The minimum atomic E-state index is 0.160. The van der Waals surface area contributed by atoms with E-state index in [1.165, 1.54) is 0 Å². The lowest BCUT2D eigenvalue weighted by atomic mass is 10.1. The van der Waals surface area contributed by atoms with E-state index in [9.17, 15) is 4.79 Å². The van der Waals surface area contributed by atoms with Gasteiger partial charge >= 0.3 is 0 Å². The fourth-order valence-electron chi connectivity index (χ4n) is 3.74. The molecule has 3 aliphatic rings. The summed E-state index contributed by atoms with van der Waals surface area (Å²) in [5.74, 6) is 1.03. The Kier molecular flexibility index (Phi) is 6.18. The van der Waals surface area contributed by atoms with Crippen LogP contribution in [-0.2, 0) is 27.2 Å². The van der Waals surface area contributed by atoms with Crippen LogP contribution in [-0.4, -0.2) is 83.6 Å². The summed E-state index contributed by atoms with van der Waals surface area (Å²) in [4.78, 5) is 26.0. The molecule has 2 saturated heterocycles. The fraction of sp³-hybridized carbons (Fsp3) is 0.722. The predicted molar refractivity (Wildman–Crippen MR) is 105 cm³/mol. The molecular weight excluding hydrogens is 365 g/mol. The molecule has 9 heteroatoms. The highest BCUT2D eigenvalue weighted by molar-refractivity contribution is 7.17. The molecule has 0 aromatic carbocycles. The van der Waals surface area contributed by atoms with Crippen molar-refractivity contribution in [2.75, 3.05) is 51.4 Å². The van der Waals surface area contributed by atoms with Crippen LogP contribution in [0.3, 0.4) is 0 Å². The number of fused-ring (bicyclic) bond motifs is 1. The SMILES string of the molecule is O=C(CN1CCOCC1P)N1CCc2cnc(NC3CCOCC3)nc2C1. The third-order valence-electron chi connectivity index (χ3n) is 5.47. The summed E-state index contributed by atoms with van der Waals surface area (Å²) in [5.41, 5.74) is 2.11. The van der Waals surface area contributed by atoms with Crippen molar-refractivity contribution in [2.45, 2.75) is 37.6 Å². The molecule has 8 nitrogen and oxygen atoms in total. The van der Waals surface area contributed by atoms with Crippen LogP contribution in [0.25, 0.3) is 0 Å². The smallest absolute Gasteiger partial charge is 0.237 e. The summed E-state index contributed by atoms with van der Waals surface area (Å²) >= 11 is 0. The highest BCUT2D eigenvalue weighted by Gasteiger charge is 2.27. The van der Waals surface area contributed by atoms with Gasteiger partial charge in [0.25, 0.3) is 0 Å². The molecule has 1 aromatic rings. The normalized spacial score (nSPS) is 24.5. The van der Waals surface area contributed by atoms with Gasteiger partial charge in [-0.3, -0.25) is 9.69 Å². The van der Waals surface area contributed by atoms with Crippen molar-refractivity contribution < 1.29 is 14.3 Å². The largest absolute Gasteiger partial charge is 0.381 e. The van der Waals surface area contributed by atoms with Gasteiger partial charge in [0.05, 0.1) is 32.0 Å². The van der Waals surface area contributed by atoms with Crippen molar-refractivity contribution in [1.29, 1.82) is 0 Å². The van der Waals surface area contributed by atoms with E-state index in [1.54, 1.807) is 0 Å². The van der Waals surface area contributed by atoms with Crippen LogP contribution in [0.5, 0.6) is 0 Å². The van der Waals surface area contributed by atoms with Crippen molar-refractivity contribution in [3.05, 3.63) is 17.5 Å². The second-order valence-electron chi connectivity index (χ2n) is 7.37. The van der Waals surface area contributed by atoms with Crippen LogP contribution < -0.4 is 5.32 Å². The number of rotatable bonds is 4. The van der Waals surface area contributed by atoms with Crippen molar-refractivity contribution in [2.24, 2.45) is 0 Å². The maximum Gasteiger partial charge on any atom is 0.237 e. The Balaban J connectivity index is 1.37. The van der Waals surface area contributed by atoms with Gasteiger partial charge in [0.2, 0.25) is 11.9 Å². The first-order valence-corrected chi connectivity index (χ1v) is 10.4. The fourth-order valence-corrected chi connectivity index (χ4v) is 4.13. The molecule has 0 radical (unpaired) electrons. The summed E-state index contributed by atoms with van der Waals surface area (Å²) in [6.45, 7) is 5.44. The van der Waals surface area contributed by atoms with Crippen molar-refractivity contribution in [1.82, 2.24) is 19.8 Å². The highest BCUT2D eigenvalue weighted by Crippen LogP contribution is 2.20. The van der Waals surface area contributed by atoms with Gasteiger partial charge in [0.1, 0.15) is 0 Å². The number of ether oxygens (including phenoxy) is 2. The van der Waals surface area contributed by atoms with Crippen LogP contribution in [0.15, 0.2) is 6.20 Å². The topological polar surface area (TPSA) is 79.8 Å². The lowest BCUT2D eigenvalue weighted by molar-refractivity contribution is -0.134. The Morgan fingerprint density at radius 1 is 1.26 bits per heavy atom. The van der Waals surface area contributed by atoms with E-state index in [4.69, 9.17) is 14.5 Å². The van der Waals surface area contributed by atoms with Gasteiger partial charge in [-0.05, 0) is 24.8 Å². The van der Waals surface area contributed by atoms with Gasteiger partial charge in [0.15, 0.2) is 0 Å². The zero-order valence-electron chi connectivity index (χ0n) is 15.6. The van der Waals surface area contributed by atoms with Crippen LogP contribution >= 0.6 is 9.24 Å². The zero-order chi connectivity index (χ0) is 18.6. The number of morpholine rings is 1. The van der Waals surface area contributed by atoms with Crippen LogP contribution in [0.2, 0.25) is 0 Å². The average molecular weight is 393 g/mol. The lowest BCUT2D eigenvalue weighted by Gasteiger charge is -2.35. The molecule has 27 heavy (non-hydrogen) atoms. The molecule has 0 saturated carbocycles. The predicted octanol–water partition coefficient (Wildman–Crippen LogP) is 0.486. The van der Waals surface area contributed by atoms with Gasteiger partial charge < -0.3 is 19.7 Å². The first-order chi connectivity index (χ1) is 13.2. The molecule has 0 bridgehead atoms. The van der Waals surface area contributed by atoms with E-state index in [1.807, 2.05) is 11.1 Å². The highest BCUT2D eigenvalue weighted by atomic mass is 31.0. The number of amides is 1. The number of anilines is 1. The molecule has 1 aromatic heterocycles. The molecule has 0 spiro atoms. The molecule has 2 fully saturated rings. The zero-order valence-corrected chi connectivity index (χ0v) is 16.8. The Morgan fingerprint density at radius 3 is 2.93 bits per heavy atom. The number of aromatic nitrogens is 2. The molecule has 4 heterocycles. The first-order valence-electron chi connectivity index (χ1n) is 9.73. The maximum absolute atomic E-state index is 12.8. The second kappa shape index (κ2) is 8.78. The Morgan fingerprint density at radius 2 is 2.11 bits per heavy atom. The van der Waals surface area contributed by atoms with E-state index in [0.717, 1.165) is 56.8 Å². The quantitative estimate of drug-likeness (QED) is 0.746. The number of nitrogens with zero attached hydrogens (tertiary/aromatic N) is 4. The third-order valence-corrected chi connectivity index (χ3v) is 6.09. The van der Waals surface area contributed by atoms with Gasteiger partial charge in [-0.2, -0.15) is 0 Å². The number of carbonyl (C=O) groups excluding carboxylic acids is 1. The third kappa shape index (κ3) is 4.74. The molecule has 148 valence electrons. The molecule has 4 rings (SSSR count). The summed E-state index contributed by atoms with van der Waals surface area (Å²) in [7, 11) is 2.76. The summed E-state index contributed by atoms with van der Waals surface area (Å²) < 4.78 is 10.8. The van der Waals surface area contributed by atoms with Crippen LogP contribution in [0, 0.1) is 0 Å². The maximum atomic E-state index is 12.8. The molecule has 0 aliphatic carbocycles. The van der Waals surface area contributed by atoms with Gasteiger partial charge in [0, 0.05) is 44.3 Å². The summed E-state index contributed by atoms with van der Waals surface area (Å²) in [6, 6.07) is 0.360. The van der Waals surface area contributed by atoms with Crippen molar-refractivity contribution in [3.8, 4) is 0 Å². The molecule has 3 aliphatic heterocycles. The molecular formula is C18H28N5O3P. The van der Waals surface area contributed by atoms with E-state index in [-0.39, 0.29) is 11.7 Å². The van der Waals surface area contributed by atoms with E-state index < -0.39 is 0 Å². The molecule has 2 atom stereocenters. The molecule has 1 amide bonds. The first kappa shape index (κ1) is 19.0.